The van der Waals surface area contributed by atoms with E-state index in [1.807, 2.05) is 13.0 Å². The van der Waals surface area contributed by atoms with E-state index < -0.39 is 0 Å². The van der Waals surface area contributed by atoms with Gasteiger partial charge in [0.25, 0.3) is 5.91 Å². The van der Waals surface area contributed by atoms with Crippen molar-refractivity contribution in [2.45, 2.75) is 6.92 Å². The highest BCUT2D eigenvalue weighted by atomic mass is 35.5. The Morgan fingerprint density at radius 2 is 2.14 bits per heavy atom. The lowest BCUT2D eigenvalue weighted by Gasteiger charge is -2.09. The lowest BCUT2D eigenvalue weighted by atomic mass is 10.1. The van der Waals surface area contributed by atoms with Gasteiger partial charge >= 0.3 is 0 Å². The van der Waals surface area contributed by atoms with Gasteiger partial charge in [0.2, 0.25) is 0 Å². The molecule has 4 aromatic rings. The van der Waals surface area contributed by atoms with Crippen LogP contribution in [0.3, 0.4) is 0 Å². The van der Waals surface area contributed by atoms with Crippen LogP contribution in [-0.2, 0) is 7.05 Å². The van der Waals surface area contributed by atoms with Gasteiger partial charge < -0.3 is 9.73 Å². The molecule has 0 unspecified atom stereocenters. The molecule has 138 valence electrons. The standard InChI is InChI=1S/C20H14ClN5O2/c1-11-18-14(20(27)23-13-6-5-12(10-22)15(21)8-13)9-16(17-4-3-7-28-17)24-19(18)26(2)25-11/h3-9H,1-2H3,(H,23,27). The van der Waals surface area contributed by atoms with Crippen LogP contribution < -0.4 is 5.32 Å². The summed E-state index contributed by atoms with van der Waals surface area (Å²) in [6, 6.07) is 11.9. The van der Waals surface area contributed by atoms with E-state index in [1.54, 1.807) is 54.4 Å². The maximum Gasteiger partial charge on any atom is 0.256 e. The Bertz CT molecular complexity index is 1250. The number of anilines is 1. The molecule has 1 N–H and O–H groups in total. The molecule has 7 nitrogen and oxygen atoms in total. The Hall–Kier alpha value is -3.63. The number of nitriles is 1. The van der Waals surface area contributed by atoms with Crippen LogP contribution in [0.1, 0.15) is 21.6 Å². The molecule has 0 fully saturated rings. The van der Waals surface area contributed by atoms with Crippen molar-refractivity contribution in [2.75, 3.05) is 5.32 Å². The number of nitrogens with zero attached hydrogens (tertiary/aromatic N) is 4. The number of hydrogen-bond acceptors (Lipinski definition) is 5. The van der Waals surface area contributed by atoms with Gasteiger partial charge in [-0.15, -0.1) is 0 Å². The fraction of sp³-hybridized carbons (Fsp3) is 0.100. The van der Waals surface area contributed by atoms with Crippen LogP contribution in [0.15, 0.2) is 47.1 Å². The maximum absolute atomic E-state index is 13.1. The van der Waals surface area contributed by atoms with E-state index in [0.29, 0.717) is 45.0 Å². The highest BCUT2D eigenvalue weighted by Gasteiger charge is 2.20. The molecule has 0 aliphatic heterocycles. The minimum atomic E-state index is -0.336. The van der Waals surface area contributed by atoms with Gasteiger partial charge in [-0.3, -0.25) is 9.48 Å². The zero-order valence-corrected chi connectivity index (χ0v) is 15.8. The van der Waals surface area contributed by atoms with Crippen molar-refractivity contribution in [3.63, 3.8) is 0 Å². The van der Waals surface area contributed by atoms with Crippen molar-refractivity contribution in [2.24, 2.45) is 7.05 Å². The van der Waals surface area contributed by atoms with Gasteiger partial charge in [0.15, 0.2) is 11.4 Å². The SMILES string of the molecule is Cc1nn(C)c2nc(-c3ccco3)cc(C(=O)Nc3ccc(C#N)c(Cl)c3)c12. The van der Waals surface area contributed by atoms with Crippen molar-refractivity contribution >= 4 is 34.2 Å². The van der Waals surface area contributed by atoms with E-state index >= 15 is 0 Å². The first-order chi connectivity index (χ1) is 13.5. The van der Waals surface area contributed by atoms with Crippen LogP contribution in [-0.4, -0.2) is 20.7 Å². The highest BCUT2D eigenvalue weighted by molar-refractivity contribution is 6.32. The molecule has 0 spiro atoms. The number of fused-ring (bicyclic) bond motifs is 1. The molecule has 0 bridgehead atoms. The molecule has 8 heteroatoms. The third-order valence-electron chi connectivity index (χ3n) is 4.33. The van der Waals surface area contributed by atoms with Crippen molar-refractivity contribution in [3.05, 3.63) is 64.5 Å². The summed E-state index contributed by atoms with van der Waals surface area (Å²) >= 11 is 6.07. The Balaban J connectivity index is 1.81. The molecule has 1 aromatic carbocycles. The Morgan fingerprint density at radius 3 is 2.82 bits per heavy atom. The number of nitrogens with one attached hydrogen (secondary N) is 1. The third kappa shape index (κ3) is 3.00. The second-order valence-electron chi connectivity index (χ2n) is 6.20. The lowest BCUT2D eigenvalue weighted by molar-refractivity contribution is 0.102. The fourth-order valence-corrected chi connectivity index (χ4v) is 3.28. The number of rotatable bonds is 3. The number of furan rings is 1. The van der Waals surface area contributed by atoms with Crippen LogP contribution in [0.25, 0.3) is 22.5 Å². The number of aryl methyl sites for hydroxylation is 2. The minimum absolute atomic E-state index is 0.272. The highest BCUT2D eigenvalue weighted by Crippen LogP contribution is 2.28. The Morgan fingerprint density at radius 1 is 1.32 bits per heavy atom. The van der Waals surface area contributed by atoms with Gasteiger partial charge in [-0.05, 0) is 43.3 Å². The first-order valence-electron chi connectivity index (χ1n) is 8.37. The molecule has 1 amide bonds. The van der Waals surface area contributed by atoms with E-state index in [1.165, 1.54) is 0 Å². The van der Waals surface area contributed by atoms with Gasteiger partial charge in [-0.1, -0.05) is 11.6 Å². The largest absolute Gasteiger partial charge is 0.463 e. The van der Waals surface area contributed by atoms with Crippen LogP contribution in [0, 0.1) is 18.3 Å². The average molecular weight is 392 g/mol. The van der Waals surface area contributed by atoms with E-state index in [-0.39, 0.29) is 10.9 Å². The average Bonchev–Trinajstić information content (AvgIpc) is 3.30. The second-order valence-corrected chi connectivity index (χ2v) is 6.61. The number of amides is 1. The van der Waals surface area contributed by atoms with Gasteiger partial charge in [-0.25, -0.2) is 4.98 Å². The normalized spacial score (nSPS) is 10.8. The van der Waals surface area contributed by atoms with E-state index in [9.17, 15) is 4.79 Å². The molecule has 3 aromatic heterocycles. The molecular formula is C20H14ClN5O2. The summed E-state index contributed by atoms with van der Waals surface area (Å²) < 4.78 is 7.07. The van der Waals surface area contributed by atoms with E-state index in [4.69, 9.17) is 21.3 Å². The molecule has 0 saturated carbocycles. The smallest absolute Gasteiger partial charge is 0.256 e. The Labute approximate surface area is 165 Å². The van der Waals surface area contributed by atoms with Crippen molar-refractivity contribution in [1.29, 1.82) is 5.26 Å². The number of pyridine rings is 1. The first kappa shape index (κ1) is 17.8. The topological polar surface area (TPSA) is 96.7 Å². The quantitative estimate of drug-likeness (QED) is 0.561. The number of halogens is 1. The molecule has 28 heavy (non-hydrogen) atoms. The molecule has 4 rings (SSSR count). The molecule has 0 aliphatic rings. The molecule has 0 atom stereocenters. The van der Waals surface area contributed by atoms with Crippen LogP contribution >= 0.6 is 11.6 Å². The van der Waals surface area contributed by atoms with Gasteiger partial charge in [0.1, 0.15) is 11.8 Å². The first-order valence-corrected chi connectivity index (χ1v) is 8.75. The van der Waals surface area contributed by atoms with E-state index in [2.05, 4.69) is 15.4 Å². The molecular weight excluding hydrogens is 378 g/mol. The van der Waals surface area contributed by atoms with Gasteiger partial charge in [-0.2, -0.15) is 10.4 Å². The summed E-state index contributed by atoms with van der Waals surface area (Å²) in [5.41, 5.74) is 3.05. The van der Waals surface area contributed by atoms with Gasteiger partial charge in [0, 0.05) is 12.7 Å². The zero-order valence-electron chi connectivity index (χ0n) is 15.0. The summed E-state index contributed by atoms with van der Waals surface area (Å²) in [4.78, 5) is 17.7. The number of benzene rings is 1. The Kier molecular flexibility index (Phi) is 4.34. The van der Waals surface area contributed by atoms with Crippen LogP contribution in [0.4, 0.5) is 5.69 Å². The summed E-state index contributed by atoms with van der Waals surface area (Å²) in [5, 5.41) is 17.1. The third-order valence-corrected chi connectivity index (χ3v) is 4.65. The zero-order chi connectivity index (χ0) is 19.8. The number of carbonyl (C=O) groups is 1. The summed E-state index contributed by atoms with van der Waals surface area (Å²) in [6.45, 7) is 1.83. The summed E-state index contributed by atoms with van der Waals surface area (Å²) in [5.74, 6) is 0.216. The van der Waals surface area contributed by atoms with Crippen molar-refractivity contribution in [3.8, 4) is 17.5 Å². The second kappa shape index (κ2) is 6.83. The predicted octanol–water partition coefficient (Wildman–Crippen LogP) is 4.31. The fourth-order valence-electron chi connectivity index (χ4n) is 3.06. The van der Waals surface area contributed by atoms with Crippen molar-refractivity contribution in [1.82, 2.24) is 14.8 Å². The lowest BCUT2D eigenvalue weighted by Crippen LogP contribution is -2.13. The van der Waals surface area contributed by atoms with Gasteiger partial charge in [0.05, 0.1) is 33.5 Å². The van der Waals surface area contributed by atoms with E-state index in [0.717, 1.165) is 0 Å². The van der Waals surface area contributed by atoms with Crippen LogP contribution in [0.5, 0.6) is 0 Å². The summed E-state index contributed by atoms with van der Waals surface area (Å²) in [7, 11) is 1.77. The number of aromatic nitrogens is 3. The molecule has 0 radical (unpaired) electrons. The van der Waals surface area contributed by atoms with Crippen LogP contribution in [0.2, 0.25) is 5.02 Å². The predicted molar refractivity (Wildman–Crippen MR) is 105 cm³/mol. The maximum atomic E-state index is 13.1. The minimum Gasteiger partial charge on any atom is -0.463 e. The van der Waals surface area contributed by atoms with Crippen molar-refractivity contribution < 1.29 is 9.21 Å². The molecule has 0 aliphatic carbocycles. The summed E-state index contributed by atoms with van der Waals surface area (Å²) in [6.07, 6.45) is 1.55. The molecule has 0 saturated heterocycles. The number of carbonyl (C=O) groups excluding carboxylic acids is 1. The monoisotopic (exact) mass is 391 g/mol. The molecule has 3 heterocycles. The number of hydrogen-bond donors (Lipinski definition) is 1.